The van der Waals surface area contributed by atoms with Gasteiger partial charge in [-0.2, -0.15) is 0 Å². The van der Waals surface area contributed by atoms with E-state index in [1.54, 1.807) is 0 Å². The van der Waals surface area contributed by atoms with E-state index in [2.05, 4.69) is 5.32 Å². The third-order valence-corrected chi connectivity index (χ3v) is 1.95. The van der Waals surface area contributed by atoms with Gasteiger partial charge >= 0.3 is 0 Å². The Kier molecular flexibility index (Phi) is 1.31. The van der Waals surface area contributed by atoms with E-state index in [0.29, 0.717) is 11.5 Å². The van der Waals surface area contributed by atoms with Gasteiger partial charge in [0.2, 0.25) is 5.91 Å². The van der Waals surface area contributed by atoms with E-state index >= 15 is 0 Å². The lowest BCUT2D eigenvalue weighted by Gasteiger charge is -1.87. The maximum atomic E-state index is 10.9. The number of carbonyl (C=O) groups is 2. The van der Waals surface area contributed by atoms with Gasteiger partial charge in [0.1, 0.15) is 0 Å². The van der Waals surface area contributed by atoms with Crippen LogP contribution in [0.4, 0.5) is 0 Å². The van der Waals surface area contributed by atoms with Crippen molar-refractivity contribution in [3.8, 4) is 0 Å². The summed E-state index contributed by atoms with van der Waals surface area (Å²) in [6.07, 6.45) is 4.56. The highest BCUT2D eigenvalue weighted by atomic mass is 16.2. The normalized spacial score (nSPS) is 27.8. The summed E-state index contributed by atoms with van der Waals surface area (Å²) in [7, 11) is 0. The van der Waals surface area contributed by atoms with E-state index in [1.807, 2.05) is 6.08 Å². The van der Waals surface area contributed by atoms with E-state index in [0.717, 1.165) is 0 Å². The lowest BCUT2D eigenvalue weighted by Crippen LogP contribution is -2.19. The molecule has 1 aliphatic carbocycles. The topological polar surface area (TPSA) is 46.2 Å². The number of allylic oxidation sites excluding steroid dienone is 1. The van der Waals surface area contributed by atoms with Crippen molar-refractivity contribution in [3.63, 3.8) is 0 Å². The maximum Gasteiger partial charge on any atom is 0.253 e. The molecule has 1 saturated carbocycles. The SMILES string of the molecule is O=C1CC(=CC2CC2)C(=O)N1. The summed E-state index contributed by atoms with van der Waals surface area (Å²) >= 11 is 0. The number of imide groups is 1. The fourth-order valence-corrected chi connectivity index (χ4v) is 1.19. The van der Waals surface area contributed by atoms with E-state index in [1.165, 1.54) is 12.8 Å². The van der Waals surface area contributed by atoms with Gasteiger partial charge in [-0.3, -0.25) is 14.9 Å². The minimum Gasteiger partial charge on any atom is -0.292 e. The molecule has 1 aliphatic heterocycles. The lowest BCUT2D eigenvalue weighted by atomic mass is 10.2. The van der Waals surface area contributed by atoms with Crippen LogP contribution in [0.25, 0.3) is 0 Å². The Morgan fingerprint density at radius 2 is 2.09 bits per heavy atom. The smallest absolute Gasteiger partial charge is 0.253 e. The van der Waals surface area contributed by atoms with Gasteiger partial charge in [-0.15, -0.1) is 0 Å². The van der Waals surface area contributed by atoms with Crippen LogP contribution in [-0.4, -0.2) is 11.8 Å². The third-order valence-electron chi connectivity index (χ3n) is 1.95. The Morgan fingerprint density at radius 3 is 2.55 bits per heavy atom. The zero-order valence-corrected chi connectivity index (χ0v) is 6.09. The first-order valence-corrected chi connectivity index (χ1v) is 3.80. The molecule has 0 aromatic rings. The van der Waals surface area contributed by atoms with Crippen LogP contribution in [0.3, 0.4) is 0 Å². The summed E-state index contributed by atoms with van der Waals surface area (Å²) in [5.74, 6) is 0.213. The Hall–Kier alpha value is -1.12. The van der Waals surface area contributed by atoms with Crippen LogP contribution in [0.1, 0.15) is 19.3 Å². The monoisotopic (exact) mass is 151 g/mol. The van der Waals surface area contributed by atoms with Crippen LogP contribution >= 0.6 is 0 Å². The molecule has 3 nitrogen and oxygen atoms in total. The van der Waals surface area contributed by atoms with Gasteiger partial charge < -0.3 is 0 Å². The molecular formula is C8H9NO2. The number of rotatable bonds is 1. The standard InChI is InChI=1S/C8H9NO2/c10-7-4-6(8(11)9-7)3-5-1-2-5/h3,5H,1-2,4H2,(H,9,10,11). The predicted molar refractivity (Wildman–Crippen MR) is 38.6 cm³/mol. The zero-order chi connectivity index (χ0) is 7.84. The summed E-state index contributed by atoms with van der Waals surface area (Å²) in [5, 5.41) is 2.25. The molecular weight excluding hydrogens is 142 g/mol. The first-order valence-electron chi connectivity index (χ1n) is 3.80. The van der Waals surface area contributed by atoms with E-state index in [9.17, 15) is 9.59 Å². The molecule has 0 spiro atoms. The molecule has 0 bridgehead atoms. The second kappa shape index (κ2) is 2.19. The molecule has 1 N–H and O–H groups in total. The molecule has 0 atom stereocenters. The van der Waals surface area contributed by atoms with Gasteiger partial charge in [0, 0.05) is 5.57 Å². The Bertz CT molecular complexity index is 251. The van der Waals surface area contributed by atoms with Gasteiger partial charge in [0.25, 0.3) is 5.91 Å². The Morgan fingerprint density at radius 1 is 1.36 bits per heavy atom. The second-order valence-electron chi connectivity index (χ2n) is 3.08. The first kappa shape index (κ1) is 6.58. The van der Waals surface area contributed by atoms with Gasteiger partial charge in [-0.05, 0) is 18.8 Å². The largest absolute Gasteiger partial charge is 0.292 e. The molecule has 1 saturated heterocycles. The Balaban J connectivity index is 2.13. The number of hydrogen-bond acceptors (Lipinski definition) is 2. The van der Waals surface area contributed by atoms with Crippen LogP contribution in [-0.2, 0) is 9.59 Å². The van der Waals surface area contributed by atoms with E-state index in [4.69, 9.17) is 0 Å². The van der Waals surface area contributed by atoms with Crippen molar-refractivity contribution in [2.24, 2.45) is 5.92 Å². The number of hydrogen-bond donors (Lipinski definition) is 1. The van der Waals surface area contributed by atoms with Crippen molar-refractivity contribution in [2.75, 3.05) is 0 Å². The molecule has 0 unspecified atom stereocenters. The minimum atomic E-state index is -0.193. The van der Waals surface area contributed by atoms with Gasteiger partial charge in [0.15, 0.2) is 0 Å². The van der Waals surface area contributed by atoms with Crippen molar-refractivity contribution in [3.05, 3.63) is 11.6 Å². The predicted octanol–water partition coefficient (Wildman–Crippen LogP) is 0.369. The minimum absolute atomic E-state index is 0.165. The summed E-state index contributed by atoms with van der Waals surface area (Å²) < 4.78 is 0. The number of nitrogens with one attached hydrogen (secondary N) is 1. The molecule has 58 valence electrons. The van der Waals surface area contributed by atoms with Gasteiger partial charge in [-0.25, -0.2) is 0 Å². The highest BCUT2D eigenvalue weighted by molar-refractivity contribution is 6.13. The molecule has 11 heavy (non-hydrogen) atoms. The molecule has 2 fully saturated rings. The highest BCUT2D eigenvalue weighted by Gasteiger charge is 2.27. The van der Waals surface area contributed by atoms with Crippen LogP contribution in [0.5, 0.6) is 0 Å². The zero-order valence-electron chi connectivity index (χ0n) is 6.09. The summed E-state index contributed by atoms with van der Waals surface area (Å²) in [5.41, 5.74) is 0.664. The molecule has 1 heterocycles. The van der Waals surface area contributed by atoms with Crippen molar-refractivity contribution in [1.29, 1.82) is 0 Å². The highest BCUT2D eigenvalue weighted by Crippen LogP contribution is 2.32. The molecule has 0 aromatic carbocycles. The fourth-order valence-electron chi connectivity index (χ4n) is 1.19. The molecule has 0 aromatic heterocycles. The van der Waals surface area contributed by atoms with Crippen LogP contribution in [0, 0.1) is 5.92 Å². The van der Waals surface area contributed by atoms with Crippen LogP contribution < -0.4 is 5.32 Å². The van der Waals surface area contributed by atoms with Crippen molar-refractivity contribution >= 4 is 11.8 Å². The average Bonchev–Trinajstić information content (AvgIpc) is 2.64. The second-order valence-corrected chi connectivity index (χ2v) is 3.08. The maximum absolute atomic E-state index is 10.9. The quantitative estimate of drug-likeness (QED) is 0.434. The molecule has 3 heteroatoms. The summed E-state index contributed by atoms with van der Waals surface area (Å²) in [4.78, 5) is 21.6. The number of carbonyl (C=O) groups excluding carboxylic acids is 2. The van der Waals surface area contributed by atoms with Gasteiger partial charge in [-0.1, -0.05) is 6.08 Å². The average molecular weight is 151 g/mol. The molecule has 2 rings (SSSR count). The van der Waals surface area contributed by atoms with E-state index < -0.39 is 0 Å². The summed E-state index contributed by atoms with van der Waals surface area (Å²) in [6, 6.07) is 0. The van der Waals surface area contributed by atoms with Crippen LogP contribution in [0.2, 0.25) is 0 Å². The third kappa shape index (κ3) is 1.31. The van der Waals surface area contributed by atoms with Gasteiger partial charge in [0.05, 0.1) is 6.42 Å². The fraction of sp³-hybridized carbons (Fsp3) is 0.500. The summed E-state index contributed by atoms with van der Waals surface area (Å²) in [6.45, 7) is 0. The van der Waals surface area contributed by atoms with Crippen molar-refractivity contribution in [1.82, 2.24) is 5.32 Å². The van der Waals surface area contributed by atoms with Crippen molar-refractivity contribution < 1.29 is 9.59 Å². The first-order chi connectivity index (χ1) is 5.25. The Labute approximate surface area is 64.5 Å². The molecule has 0 radical (unpaired) electrons. The van der Waals surface area contributed by atoms with Crippen LogP contribution in [0.15, 0.2) is 11.6 Å². The molecule has 2 amide bonds. The molecule has 2 aliphatic rings. The number of amides is 2. The van der Waals surface area contributed by atoms with Crippen molar-refractivity contribution in [2.45, 2.75) is 19.3 Å². The van der Waals surface area contributed by atoms with E-state index in [-0.39, 0.29) is 18.2 Å². The lowest BCUT2D eigenvalue weighted by molar-refractivity contribution is -0.124.